The number of hydrogen-bond donors (Lipinski definition) is 1. The number of aryl methyl sites for hydroxylation is 1. The molecule has 0 atom stereocenters. The van der Waals surface area contributed by atoms with E-state index in [9.17, 15) is 4.79 Å². The standard InChI is InChI=1S/C32H33ClN6O/c1-37(2)17-16-21-10-13-24(14-11-21)35-32-34-20-23-18-27(31(40)39(5)30(23)36-32)26-15-12-22(19-28(26)33)25-8-6-7-9-29(25)38(3)4/h6-15,18-20H,16-17H2,1-5H3,(H,34,35,36). The van der Waals surface area contributed by atoms with Gasteiger partial charge >= 0.3 is 0 Å². The van der Waals surface area contributed by atoms with Crippen molar-refractivity contribution < 1.29 is 0 Å². The van der Waals surface area contributed by atoms with Crippen molar-refractivity contribution in [2.75, 3.05) is 45.0 Å². The first-order chi connectivity index (χ1) is 19.2. The van der Waals surface area contributed by atoms with Crippen molar-refractivity contribution in [3.63, 3.8) is 0 Å². The SMILES string of the molecule is CN(C)CCc1ccc(Nc2ncc3cc(-c4ccc(-c5ccccc5N(C)C)cc4Cl)c(=O)n(C)c3n2)cc1. The van der Waals surface area contributed by atoms with Crippen LogP contribution in [0.1, 0.15) is 5.56 Å². The number of hydrogen-bond acceptors (Lipinski definition) is 6. The van der Waals surface area contributed by atoms with Crippen LogP contribution in [0.15, 0.2) is 83.8 Å². The molecule has 2 heterocycles. The van der Waals surface area contributed by atoms with Crippen LogP contribution in [0.3, 0.4) is 0 Å². The molecule has 204 valence electrons. The van der Waals surface area contributed by atoms with Gasteiger partial charge in [-0.3, -0.25) is 9.36 Å². The third kappa shape index (κ3) is 5.71. The van der Waals surface area contributed by atoms with Crippen molar-refractivity contribution in [2.24, 2.45) is 7.05 Å². The van der Waals surface area contributed by atoms with Gasteiger partial charge in [0.2, 0.25) is 5.95 Å². The van der Waals surface area contributed by atoms with Gasteiger partial charge in [0.15, 0.2) is 0 Å². The van der Waals surface area contributed by atoms with E-state index in [0.29, 0.717) is 27.7 Å². The molecule has 0 saturated heterocycles. The van der Waals surface area contributed by atoms with Crippen LogP contribution in [0.2, 0.25) is 5.02 Å². The summed E-state index contributed by atoms with van der Waals surface area (Å²) in [5, 5.41) is 4.51. The quantitative estimate of drug-likeness (QED) is 0.246. The molecule has 0 spiro atoms. The lowest BCUT2D eigenvalue weighted by Gasteiger charge is -2.18. The molecule has 0 amide bonds. The first kappa shape index (κ1) is 27.4. The molecule has 5 rings (SSSR count). The molecule has 1 N–H and O–H groups in total. The summed E-state index contributed by atoms with van der Waals surface area (Å²) in [6.07, 6.45) is 2.72. The zero-order chi connectivity index (χ0) is 28.4. The van der Waals surface area contributed by atoms with Gasteiger partial charge in [0, 0.05) is 72.4 Å². The Morgan fingerprint density at radius 1 is 0.900 bits per heavy atom. The molecule has 0 aliphatic rings. The summed E-state index contributed by atoms with van der Waals surface area (Å²) >= 11 is 6.78. The van der Waals surface area contributed by atoms with Crippen LogP contribution in [-0.4, -0.2) is 54.2 Å². The van der Waals surface area contributed by atoms with Crippen molar-refractivity contribution in [1.29, 1.82) is 0 Å². The van der Waals surface area contributed by atoms with Crippen LogP contribution < -0.4 is 15.8 Å². The van der Waals surface area contributed by atoms with Gasteiger partial charge in [-0.25, -0.2) is 4.98 Å². The van der Waals surface area contributed by atoms with Crippen LogP contribution in [0, 0.1) is 0 Å². The summed E-state index contributed by atoms with van der Waals surface area (Å²) in [5.74, 6) is 0.429. The number of anilines is 3. The Balaban J connectivity index is 1.44. The van der Waals surface area contributed by atoms with E-state index < -0.39 is 0 Å². The normalized spacial score (nSPS) is 11.3. The highest BCUT2D eigenvalue weighted by Crippen LogP contribution is 2.35. The fraction of sp³-hybridized carbons (Fsp3) is 0.219. The van der Waals surface area contributed by atoms with Crippen molar-refractivity contribution in [2.45, 2.75) is 6.42 Å². The molecule has 0 unspecified atom stereocenters. The number of nitrogens with zero attached hydrogens (tertiary/aromatic N) is 5. The number of benzene rings is 3. The zero-order valence-electron chi connectivity index (χ0n) is 23.4. The first-order valence-corrected chi connectivity index (χ1v) is 13.5. The number of aromatic nitrogens is 3. The summed E-state index contributed by atoms with van der Waals surface area (Å²) in [5.41, 5.74) is 6.85. The van der Waals surface area contributed by atoms with E-state index in [1.54, 1.807) is 17.8 Å². The second-order valence-electron chi connectivity index (χ2n) is 10.4. The highest BCUT2D eigenvalue weighted by molar-refractivity contribution is 6.33. The molecule has 0 aliphatic carbocycles. The Labute approximate surface area is 239 Å². The Hall–Kier alpha value is -4.20. The summed E-state index contributed by atoms with van der Waals surface area (Å²) in [7, 11) is 9.89. The molecule has 0 radical (unpaired) electrons. The van der Waals surface area contributed by atoms with E-state index >= 15 is 0 Å². The van der Waals surface area contributed by atoms with Gasteiger partial charge in [-0.15, -0.1) is 0 Å². The maximum absolute atomic E-state index is 13.5. The monoisotopic (exact) mass is 552 g/mol. The Bertz CT molecular complexity index is 1730. The lowest BCUT2D eigenvalue weighted by atomic mass is 9.99. The van der Waals surface area contributed by atoms with Crippen molar-refractivity contribution in [1.82, 2.24) is 19.4 Å². The van der Waals surface area contributed by atoms with Gasteiger partial charge in [0.1, 0.15) is 5.65 Å². The van der Waals surface area contributed by atoms with E-state index in [1.165, 1.54) is 5.56 Å². The summed E-state index contributed by atoms with van der Waals surface area (Å²) in [6.45, 7) is 0.996. The van der Waals surface area contributed by atoms with Crippen LogP contribution in [0.4, 0.5) is 17.3 Å². The minimum atomic E-state index is -0.175. The molecule has 8 heteroatoms. The van der Waals surface area contributed by atoms with Gasteiger partial charge in [-0.1, -0.05) is 54.1 Å². The van der Waals surface area contributed by atoms with Crippen LogP contribution in [-0.2, 0) is 13.5 Å². The van der Waals surface area contributed by atoms with Gasteiger partial charge < -0.3 is 15.1 Å². The van der Waals surface area contributed by atoms with Crippen LogP contribution >= 0.6 is 11.6 Å². The van der Waals surface area contributed by atoms with Crippen LogP contribution in [0.25, 0.3) is 33.3 Å². The number of fused-ring (bicyclic) bond motifs is 1. The predicted molar refractivity (Wildman–Crippen MR) is 167 cm³/mol. The smallest absolute Gasteiger partial charge is 0.259 e. The first-order valence-electron chi connectivity index (χ1n) is 13.2. The highest BCUT2D eigenvalue weighted by atomic mass is 35.5. The van der Waals surface area contributed by atoms with Gasteiger partial charge in [-0.05, 0) is 62.0 Å². The van der Waals surface area contributed by atoms with Crippen molar-refractivity contribution in [3.8, 4) is 22.3 Å². The molecule has 5 aromatic rings. The Morgan fingerprint density at radius 2 is 1.65 bits per heavy atom. The molecular formula is C32H33ClN6O. The molecule has 3 aromatic carbocycles. The summed E-state index contributed by atoms with van der Waals surface area (Å²) in [4.78, 5) is 26.9. The van der Waals surface area contributed by atoms with Crippen LogP contribution in [0.5, 0.6) is 0 Å². The van der Waals surface area contributed by atoms with E-state index in [2.05, 4.69) is 63.4 Å². The molecule has 0 bridgehead atoms. The number of nitrogens with one attached hydrogen (secondary N) is 1. The van der Waals surface area contributed by atoms with E-state index in [4.69, 9.17) is 11.6 Å². The summed E-state index contributed by atoms with van der Waals surface area (Å²) in [6, 6.07) is 24.0. The largest absolute Gasteiger partial charge is 0.377 e. The maximum Gasteiger partial charge on any atom is 0.259 e. The maximum atomic E-state index is 13.5. The van der Waals surface area contributed by atoms with Gasteiger partial charge in [0.25, 0.3) is 5.56 Å². The minimum absolute atomic E-state index is 0.175. The topological polar surface area (TPSA) is 66.3 Å². The van der Waals surface area contributed by atoms with E-state index in [1.807, 2.05) is 62.6 Å². The second kappa shape index (κ2) is 11.5. The number of para-hydroxylation sites is 1. The Kier molecular flexibility index (Phi) is 7.87. The second-order valence-corrected chi connectivity index (χ2v) is 10.8. The zero-order valence-corrected chi connectivity index (χ0v) is 24.2. The van der Waals surface area contributed by atoms with E-state index in [-0.39, 0.29) is 5.56 Å². The van der Waals surface area contributed by atoms with Gasteiger partial charge in [0.05, 0.1) is 0 Å². The third-order valence-electron chi connectivity index (χ3n) is 6.96. The van der Waals surface area contributed by atoms with Crippen molar-refractivity contribution in [3.05, 3.63) is 99.9 Å². The molecule has 2 aromatic heterocycles. The number of pyridine rings is 1. The van der Waals surface area contributed by atoms with E-state index in [0.717, 1.165) is 40.9 Å². The molecular weight excluding hydrogens is 520 g/mol. The molecule has 7 nitrogen and oxygen atoms in total. The highest BCUT2D eigenvalue weighted by Gasteiger charge is 2.15. The molecule has 0 aliphatic heterocycles. The Morgan fingerprint density at radius 3 is 2.35 bits per heavy atom. The lowest BCUT2D eigenvalue weighted by molar-refractivity contribution is 0.413. The minimum Gasteiger partial charge on any atom is -0.377 e. The average molecular weight is 553 g/mol. The van der Waals surface area contributed by atoms with Crippen molar-refractivity contribution >= 4 is 40.0 Å². The fourth-order valence-electron chi connectivity index (χ4n) is 4.75. The number of likely N-dealkylation sites (N-methyl/N-ethyl adjacent to an activating group) is 1. The molecule has 0 saturated carbocycles. The molecule has 40 heavy (non-hydrogen) atoms. The number of halogens is 1. The third-order valence-corrected chi connectivity index (χ3v) is 7.28. The van der Waals surface area contributed by atoms with Gasteiger partial charge in [-0.2, -0.15) is 4.98 Å². The predicted octanol–water partition coefficient (Wildman–Crippen LogP) is 6.23. The lowest BCUT2D eigenvalue weighted by Crippen LogP contribution is -2.20. The average Bonchev–Trinajstić information content (AvgIpc) is 2.95. The fourth-order valence-corrected chi connectivity index (χ4v) is 5.03. The number of rotatable bonds is 8. The summed E-state index contributed by atoms with van der Waals surface area (Å²) < 4.78 is 1.55. The molecule has 0 fully saturated rings.